The van der Waals surface area contributed by atoms with Crippen molar-refractivity contribution in [3.05, 3.63) is 76.6 Å². The zero-order valence-electron chi connectivity index (χ0n) is 16.5. The molecule has 0 atom stereocenters. The summed E-state index contributed by atoms with van der Waals surface area (Å²) in [4.78, 5) is 16.6. The lowest BCUT2D eigenvalue weighted by molar-refractivity contribution is 0.0689. The zero-order chi connectivity index (χ0) is 23.0. The van der Waals surface area contributed by atoms with E-state index in [1.807, 2.05) is 0 Å². The van der Waals surface area contributed by atoms with Crippen molar-refractivity contribution in [2.75, 3.05) is 26.2 Å². The lowest BCUT2D eigenvalue weighted by atomic mass is 10.2. The van der Waals surface area contributed by atoms with Gasteiger partial charge in [-0.25, -0.2) is 21.6 Å². The van der Waals surface area contributed by atoms with E-state index in [-0.39, 0.29) is 36.6 Å². The zero-order valence-corrected chi connectivity index (χ0v) is 18.1. The number of nitrogens with one attached hydrogen (secondary N) is 1. The van der Waals surface area contributed by atoms with Crippen LogP contribution in [-0.2, 0) is 10.0 Å². The van der Waals surface area contributed by atoms with E-state index in [9.17, 15) is 26.4 Å². The number of benzene rings is 2. The molecule has 2 aromatic carbocycles. The number of rotatable bonds is 4. The predicted molar refractivity (Wildman–Crippen MR) is 112 cm³/mol. The first-order valence-corrected chi connectivity index (χ1v) is 11.3. The molecule has 12 heteroatoms. The maximum absolute atomic E-state index is 14.0. The first-order valence-electron chi connectivity index (χ1n) is 9.49. The van der Waals surface area contributed by atoms with E-state index in [1.165, 1.54) is 39.9 Å². The van der Waals surface area contributed by atoms with Crippen LogP contribution in [0.25, 0.3) is 5.69 Å². The van der Waals surface area contributed by atoms with Crippen molar-refractivity contribution < 1.29 is 26.4 Å². The van der Waals surface area contributed by atoms with Crippen LogP contribution < -0.4 is 0 Å². The molecule has 0 bridgehead atoms. The summed E-state index contributed by atoms with van der Waals surface area (Å²) < 4.78 is 68.9. The smallest absolute Gasteiger partial charge is 0.272 e. The third kappa shape index (κ3) is 4.08. The van der Waals surface area contributed by atoms with Crippen molar-refractivity contribution in [2.45, 2.75) is 4.90 Å². The van der Waals surface area contributed by atoms with Gasteiger partial charge in [0.05, 0.1) is 0 Å². The second-order valence-electron chi connectivity index (χ2n) is 7.06. The topological polar surface area (TPSA) is 78.4 Å². The normalized spacial score (nSPS) is 15.2. The van der Waals surface area contributed by atoms with Gasteiger partial charge >= 0.3 is 0 Å². The van der Waals surface area contributed by atoms with E-state index >= 15 is 0 Å². The van der Waals surface area contributed by atoms with Gasteiger partial charge in [-0.3, -0.25) is 9.36 Å². The molecule has 32 heavy (non-hydrogen) atoms. The highest BCUT2D eigenvalue weighted by Gasteiger charge is 2.33. The van der Waals surface area contributed by atoms with Crippen LogP contribution in [0, 0.1) is 22.2 Å². The Morgan fingerprint density at radius 3 is 2.22 bits per heavy atom. The minimum atomic E-state index is -4.26. The van der Waals surface area contributed by atoms with Crippen molar-refractivity contribution in [3.8, 4) is 5.69 Å². The summed E-state index contributed by atoms with van der Waals surface area (Å²) in [6.07, 6.45) is 1.43. The number of aromatic amines is 1. The van der Waals surface area contributed by atoms with E-state index < -0.39 is 38.3 Å². The molecular weight excluding hydrogens is 465 g/mol. The molecule has 0 unspecified atom stereocenters. The van der Waals surface area contributed by atoms with E-state index in [2.05, 4.69) is 4.98 Å². The Bertz CT molecular complexity index is 1330. The molecule has 1 aromatic heterocycles. The van der Waals surface area contributed by atoms with Gasteiger partial charge in [-0.1, -0.05) is 0 Å². The number of nitrogens with zero attached hydrogens (tertiary/aromatic N) is 3. The van der Waals surface area contributed by atoms with Gasteiger partial charge in [-0.05, 0) is 54.7 Å². The van der Waals surface area contributed by atoms with Crippen molar-refractivity contribution >= 4 is 28.1 Å². The maximum atomic E-state index is 14.0. The van der Waals surface area contributed by atoms with Crippen LogP contribution in [0.15, 0.2) is 53.6 Å². The van der Waals surface area contributed by atoms with E-state index in [0.717, 1.165) is 16.4 Å². The summed E-state index contributed by atoms with van der Waals surface area (Å²) >= 11 is 5.24. The number of carbonyl (C=O) groups is 1. The van der Waals surface area contributed by atoms with Gasteiger partial charge in [0.2, 0.25) is 10.0 Å². The van der Waals surface area contributed by atoms with Gasteiger partial charge in [0.15, 0.2) is 4.77 Å². The Morgan fingerprint density at radius 1 is 0.938 bits per heavy atom. The highest BCUT2D eigenvalue weighted by molar-refractivity contribution is 7.89. The molecule has 1 amide bonds. The quantitative estimate of drug-likeness (QED) is 0.580. The molecule has 3 aromatic rings. The third-order valence-electron chi connectivity index (χ3n) is 5.12. The van der Waals surface area contributed by atoms with Crippen LogP contribution in [0.4, 0.5) is 13.2 Å². The van der Waals surface area contributed by atoms with Gasteiger partial charge in [-0.15, -0.1) is 0 Å². The van der Waals surface area contributed by atoms with Crippen LogP contribution >= 0.6 is 12.2 Å². The second kappa shape index (κ2) is 8.52. The number of H-pyrrole nitrogens is 1. The molecule has 0 spiro atoms. The second-order valence-corrected chi connectivity index (χ2v) is 9.35. The molecule has 0 radical (unpaired) electrons. The number of hydrogen-bond acceptors (Lipinski definition) is 4. The molecule has 0 aliphatic carbocycles. The van der Waals surface area contributed by atoms with Crippen molar-refractivity contribution in [3.63, 3.8) is 0 Å². The van der Waals surface area contributed by atoms with Crippen LogP contribution in [-0.4, -0.2) is 59.3 Å². The van der Waals surface area contributed by atoms with E-state index in [1.54, 1.807) is 0 Å². The summed E-state index contributed by atoms with van der Waals surface area (Å²) in [5.41, 5.74) is 0.692. The minimum Gasteiger partial charge on any atom is -0.336 e. The molecule has 1 fully saturated rings. The fraction of sp³-hybridized carbons (Fsp3) is 0.200. The van der Waals surface area contributed by atoms with Crippen LogP contribution in [0.2, 0.25) is 0 Å². The molecule has 7 nitrogen and oxygen atoms in total. The Labute approximate surface area is 186 Å². The number of aromatic nitrogens is 2. The Morgan fingerprint density at radius 2 is 1.56 bits per heavy atom. The standard InChI is InChI=1S/C20H17F3N4O3S2/c21-13-1-4-15(5-2-13)27-17(12-24-20(27)31)19(28)25-7-9-26(10-8-25)32(29,30)18-11-14(22)3-6-16(18)23/h1-6,11-12H,7-10H2,(H,24,31). The largest absolute Gasteiger partial charge is 0.336 e. The molecular formula is C20H17F3N4O3S2. The molecule has 1 saturated heterocycles. The average Bonchev–Trinajstić information content (AvgIpc) is 3.17. The van der Waals surface area contributed by atoms with Crippen LogP contribution in [0.1, 0.15) is 10.5 Å². The fourth-order valence-electron chi connectivity index (χ4n) is 3.48. The van der Waals surface area contributed by atoms with E-state index in [4.69, 9.17) is 12.2 Å². The summed E-state index contributed by atoms with van der Waals surface area (Å²) in [5.74, 6) is -2.75. The monoisotopic (exact) mass is 482 g/mol. The molecule has 2 heterocycles. The van der Waals surface area contributed by atoms with Gasteiger partial charge in [0.1, 0.15) is 28.0 Å². The SMILES string of the molecule is O=C(c1c[nH]c(=S)n1-c1ccc(F)cc1)N1CCN(S(=O)(=O)c2cc(F)ccc2F)CC1. The first-order chi connectivity index (χ1) is 15.2. The number of imidazole rings is 1. The Hall–Kier alpha value is -2.96. The first kappa shape index (κ1) is 22.2. The lowest BCUT2D eigenvalue weighted by Gasteiger charge is -2.34. The van der Waals surface area contributed by atoms with Crippen LogP contribution in [0.5, 0.6) is 0 Å². The average molecular weight is 483 g/mol. The molecule has 168 valence electrons. The number of hydrogen-bond donors (Lipinski definition) is 1. The van der Waals surface area contributed by atoms with E-state index in [0.29, 0.717) is 11.8 Å². The van der Waals surface area contributed by atoms with Crippen molar-refractivity contribution in [1.82, 2.24) is 18.8 Å². The minimum absolute atomic E-state index is 0.0381. The Kier molecular flexibility index (Phi) is 5.93. The van der Waals surface area contributed by atoms with Gasteiger partial charge in [-0.2, -0.15) is 4.31 Å². The number of carbonyl (C=O) groups excluding carboxylic acids is 1. The molecule has 0 saturated carbocycles. The molecule has 1 aliphatic rings. The number of sulfonamides is 1. The number of amides is 1. The molecule has 4 rings (SSSR count). The van der Waals surface area contributed by atoms with Gasteiger partial charge in [0, 0.05) is 38.1 Å². The fourth-order valence-corrected chi connectivity index (χ4v) is 5.24. The van der Waals surface area contributed by atoms with Crippen molar-refractivity contribution in [1.29, 1.82) is 0 Å². The van der Waals surface area contributed by atoms with Crippen molar-refractivity contribution in [2.24, 2.45) is 0 Å². The third-order valence-corrected chi connectivity index (χ3v) is 7.33. The highest BCUT2D eigenvalue weighted by atomic mass is 32.2. The maximum Gasteiger partial charge on any atom is 0.272 e. The predicted octanol–water partition coefficient (Wildman–Crippen LogP) is 3.10. The molecule has 1 aliphatic heterocycles. The van der Waals surface area contributed by atoms with Crippen LogP contribution in [0.3, 0.4) is 0 Å². The number of piperazine rings is 1. The summed E-state index contributed by atoms with van der Waals surface area (Å²) in [7, 11) is -4.26. The Balaban J connectivity index is 1.53. The number of halogens is 3. The summed E-state index contributed by atoms with van der Waals surface area (Å²) in [6, 6.07) is 7.68. The summed E-state index contributed by atoms with van der Waals surface area (Å²) in [6.45, 7) is -0.107. The van der Waals surface area contributed by atoms with Gasteiger partial charge in [0.25, 0.3) is 5.91 Å². The lowest BCUT2D eigenvalue weighted by Crippen LogP contribution is -2.50. The summed E-state index contributed by atoms with van der Waals surface area (Å²) in [5, 5.41) is 0. The van der Waals surface area contributed by atoms with Gasteiger partial charge < -0.3 is 9.88 Å². The molecule has 1 N–H and O–H groups in total. The highest BCUT2D eigenvalue weighted by Crippen LogP contribution is 2.23.